The highest BCUT2D eigenvalue weighted by Gasteiger charge is 2.28. The molecule has 0 aliphatic rings. The van der Waals surface area contributed by atoms with Gasteiger partial charge < -0.3 is 15.3 Å². The van der Waals surface area contributed by atoms with Crippen LogP contribution < -0.4 is 5.32 Å². The second-order valence-electron chi connectivity index (χ2n) is 8.41. The summed E-state index contributed by atoms with van der Waals surface area (Å²) in [5.74, 6) is -2.39. The van der Waals surface area contributed by atoms with Crippen LogP contribution in [0.15, 0.2) is 47.4 Å². The average Bonchev–Trinajstić information content (AvgIpc) is 2.76. The van der Waals surface area contributed by atoms with Crippen molar-refractivity contribution < 1.29 is 23.5 Å². The predicted octanol–water partition coefficient (Wildman–Crippen LogP) is 6.58. The van der Waals surface area contributed by atoms with E-state index in [1.54, 1.807) is 18.7 Å². The van der Waals surface area contributed by atoms with Crippen LogP contribution in [-0.4, -0.2) is 39.8 Å². The molecular formula is C25H32F2N2O3S. The van der Waals surface area contributed by atoms with Crippen LogP contribution in [0.1, 0.15) is 52.0 Å². The molecule has 0 heterocycles. The molecule has 2 aromatic rings. The van der Waals surface area contributed by atoms with E-state index < -0.39 is 28.4 Å². The Bertz CT molecular complexity index is 936. The van der Waals surface area contributed by atoms with Gasteiger partial charge in [-0.15, -0.1) is 11.8 Å². The lowest BCUT2D eigenvalue weighted by atomic mass is 10.1. The van der Waals surface area contributed by atoms with Crippen LogP contribution in [0.4, 0.5) is 19.3 Å². The second-order valence-corrected chi connectivity index (χ2v) is 10.1. The summed E-state index contributed by atoms with van der Waals surface area (Å²) in [6.07, 6.45) is 4.59. The summed E-state index contributed by atoms with van der Waals surface area (Å²) < 4.78 is 26.2. The van der Waals surface area contributed by atoms with Crippen molar-refractivity contribution in [2.24, 2.45) is 0 Å². The lowest BCUT2D eigenvalue weighted by Crippen LogP contribution is -2.37. The number of halogens is 2. The zero-order chi connectivity index (χ0) is 24.4. The van der Waals surface area contributed by atoms with Gasteiger partial charge in [-0.25, -0.2) is 13.6 Å². The fourth-order valence-electron chi connectivity index (χ4n) is 3.16. The molecule has 2 amide bonds. The molecule has 0 radical (unpaired) electrons. The monoisotopic (exact) mass is 478 g/mol. The van der Waals surface area contributed by atoms with E-state index in [0.717, 1.165) is 48.3 Å². The van der Waals surface area contributed by atoms with Crippen molar-refractivity contribution >= 4 is 29.4 Å². The number of urea groups is 1. The molecule has 0 saturated heterocycles. The number of carboxylic acids is 1. The van der Waals surface area contributed by atoms with Gasteiger partial charge in [0.25, 0.3) is 0 Å². The number of benzene rings is 2. The van der Waals surface area contributed by atoms with Crippen molar-refractivity contribution in [1.29, 1.82) is 0 Å². The number of thioether (sulfide) groups is 1. The number of amides is 2. The van der Waals surface area contributed by atoms with Crippen LogP contribution in [0.2, 0.25) is 0 Å². The molecule has 0 aliphatic carbocycles. The molecule has 0 aromatic heterocycles. The predicted molar refractivity (Wildman–Crippen MR) is 129 cm³/mol. The van der Waals surface area contributed by atoms with Crippen LogP contribution in [0.3, 0.4) is 0 Å². The minimum atomic E-state index is -0.926. The van der Waals surface area contributed by atoms with Crippen LogP contribution in [0.5, 0.6) is 0 Å². The van der Waals surface area contributed by atoms with Crippen molar-refractivity contribution in [3.63, 3.8) is 0 Å². The number of unbranched alkanes of at least 4 members (excludes halogenated alkanes) is 3. The molecule has 0 spiro atoms. The number of rotatable bonds is 12. The highest BCUT2D eigenvalue weighted by molar-refractivity contribution is 8.01. The smallest absolute Gasteiger partial charge is 0.321 e. The fraction of sp³-hybridized carbons (Fsp3) is 0.440. The Hall–Kier alpha value is -2.61. The summed E-state index contributed by atoms with van der Waals surface area (Å²) in [6, 6.07) is 10.2. The highest BCUT2D eigenvalue weighted by atomic mass is 32.2. The molecule has 180 valence electrons. The Morgan fingerprint density at radius 2 is 1.73 bits per heavy atom. The number of nitrogens with one attached hydrogen (secondary N) is 1. The van der Waals surface area contributed by atoms with E-state index in [1.165, 1.54) is 17.8 Å². The summed E-state index contributed by atoms with van der Waals surface area (Å²) in [7, 11) is 0. The number of carbonyl (C=O) groups excluding carboxylic acids is 1. The third kappa shape index (κ3) is 8.68. The maximum absolute atomic E-state index is 14.0. The van der Waals surface area contributed by atoms with Gasteiger partial charge in [0.15, 0.2) is 0 Å². The molecule has 0 atom stereocenters. The van der Waals surface area contributed by atoms with E-state index in [-0.39, 0.29) is 5.69 Å². The molecule has 0 aliphatic heterocycles. The quantitative estimate of drug-likeness (QED) is 0.267. The summed E-state index contributed by atoms with van der Waals surface area (Å²) in [5.41, 5.74) is 0.953. The van der Waals surface area contributed by atoms with Gasteiger partial charge in [0.2, 0.25) is 0 Å². The maximum atomic E-state index is 14.0. The largest absolute Gasteiger partial charge is 0.480 e. The number of hydrogen-bond donors (Lipinski definition) is 2. The Morgan fingerprint density at radius 3 is 2.33 bits per heavy atom. The molecule has 0 unspecified atom stereocenters. The fourth-order valence-corrected chi connectivity index (χ4v) is 4.10. The Kier molecular flexibility index (Phi) is 10.2. The van der Waals surface area contributed by atoms with Crippen molar-refractivity contribution in [1.82, 2.24) is 4.90 Å². The number of anilines is 1. The van der Waals surface area contributed by atoms with E-state index >= 15 is 0 Å². The normalized spacial score (nSPS) is 11.3. The minimum absolute atomic E-state index is 0.0534. The first kappa shape index (κ1) is 26.6. The van der Waals surface area contributed by atoms with Gasteiger partial charge in [-0.1, -0.05) is 38.3 Å². The first-order valence-corrected chi connectivity index (χ1v) is 12.0. The summed E-state index contributed by atoms with van der Waals surface area (Å²) in [6.45, 7) is 6.41. The van der Waals surface area contributed by atoms with E-state index in [9.17, 15) is 23.5 Å². The first-order chi connectivity index (χ1) is 15.6. The zero-order valence-corrected chi connectivity index (χ0v) is 20.2. The molecule has 2 aromatic carbocycles. The van der Waals surface area contributed by atoms with E-state index in [2.05, 4.69) is 12.2 Å². The molecule has 33 heavy (non-hydrogen) atoms. The van der Waals surface area contributed by atoms with Gasteiger partial charge in [-0.2, -0.15) is 0 Å². The molecule has 5 nitrogen and oxygen atoms in total. The van der Waals surface area contributed by atoms with Crippen molar-refractivity contribution in [3.8, 4) is 0 Å². The number of carboxylic acid groups (broad SMARTS) is 1. The molecule has 2 N–H and O–H groups in total. The molecule has 2 rings (SSSR count). The Balaban J connectivity index is 2.02. The number of carbonyl (C=O) groups is 2. The molecule has 0 fully saturated rings. The minimum Gasteiger partial charge on any atom is -0.480 e. The number of nitrogens with zero attached hydrogens (tertiary/aromatic N) is 1. The molecule has 0 saturated carbocycles. The van der Waals surface area contributed by atoms with Gasteiger partial charge in [0.05, 0.1) is 5.69 Å². The van der Waals surface area contributed by atoms with Gasteiger partial charge in [0, 0.05) is 24.1 Å². The molecular weight excluding hydrogens is 446 g/mol. The first-order valence-electron chi connectivity index (χ1n) is 11.1. The highest BCUT2D eigenvalue weighted by Crippen LogP contribution is 2.32. The van der Waals surface area contributed by atoms with Gasteiger partial charge in [-0.05, 0) is 56.5 Å². The second kappa shape index (κ2) is 12.6. The average molecular weight is 479 g/mol. The van der Waals surface area contributed by atoms with Crippen molar-refractivity contribution in [2.45, 2.75) is 62.5 Å². The zero-order valence-electron chi connectivity index (χ0n) is 19.4. The Labute approximate surface area is 198 Å². The van der Waals surface area contributed by atoms with E-state index in [4.69, 9.17) is 0 Å². The molecule has 8 heteroatoms. The van der Waals surface area contributed by atoms with E-state index in [1.807, 2.05) is 24.3 Å². The van der Waals surface area contributed by atoms with Crippen LogP contribution in [-0.2, 0) is 11.2 Å². The summed E-state index contributed by atoms with van der Waals surface area (Å²) in [4.78, 5) is 26.6. The van der Waals surface area contributed by atoms with Gasteiger partial charge in [0.1, 0.15) is 16.4 Å². The lowest BCUT2D eigenvalue weighted by Gasteiger charge is -2.23. The summed E-state index contributed by atoms with van der Waals surface area (Å²) in [5, 5.41) is 11.8. The topological polar surface area (TPSA) is 69.6 Å². The van der Waals surface area contributed by atoms with Gasteiger partial charge in [-0.3, -0.25) is 4.79 Å². The lowest BCUT2D eigenvalue weighted by molar-refractivity contribution is -0.138. The van der Waals surface area contributed by atoms with Crippen molar-refractivity contribution in [3.05, 3.63) is 59.7 Å². The standard InChI is InChI=1S/C25H32F2N2O3S/c1-4-5-6-7-15-29(24(32)28-22-13-10-19(26)17-21(22)27)16-14-18-8-11-20(12-9-18)33-25(2,3)23(30)31/h8-13,17H,4-7,14-16H2,1-3H3,(H,28,32)(H,30,31). The number of hydrogen-bond acceptors (Lipinski definition) is 3. The van der Waals surface area contributed by atoms with Crippen LogP contribution >= 0.6 is 11.8 Å². The van der Waals surface area contributed by atoms with Crippen molar-refractivity contribution in [2.75, 3.05) is 18.4 Å². The summed E-state index contributed by atoms with van der Waals surface area (Å²) >= 11 is 1.27. The van der Waals surface area contributed by atoms with Gasteiger partial charge >= 0.3 is 12.0 Å². The third-order valence-corrected chi connectivity index (χ3v) is 6.42. The van der Waals surface area contributed by atoms with Crippen LogP contribution in [0.25, 0.3) is 0 Å². The third-order valence-electron chi connectivity index (χ3n) is 5.22. The van der Waals surface area contributed by atoms with Crippen LogP contribution in [0, 0.1) is 11.6 Å². The van der Waals surface area contributed by atoms with E-state index in [0.29, 0.717) is 19.5 Å². The Morgan fingerprint density at radius 1 is 1.03 bits per heavy atom. The molecule has 0 bridgehead atoms. The maximum Gasteiger partial charge on any atom is 0.321 e. The SMILES string of the molecule is CCCCCCN(CCc1ccc(SC(C)(C)C(=O)O)cc1)C(=O)Nc1ccc(F)cc1F. The number of aliphatic carboxylic acids is 1.